The fourth-order valence-corrected chi connectivity index (χ4v) is 1.56. The van der Waals surface area contributed by atoms with Crippen LogP contribution in [0.1, 0.15) is 5.56 Å². The third kappa shape index (κ3) is 6.08. The number of urea groups is 1. The molecule has 0 aliphatic carbocycles. The lowest BCUT2D eigenvalue weighted by Crippen LogP contribution is -2.28. The number of benzene rings is 1. The van der Waals surface area contributed by atoms with Crippen molar-refractivity contribution < 1.29 is 9.18 Å². The fraction of sp³-hybridized carbons (Fsp3) is 0.111. The summed E-state index contributed by atoms with van der Waals surface area (Å²) in [4.78, 5) is 14.3. The van der Waals surface area contributed by atoms with E-state index in [1.807, 2.05) is 0 Å². The molecule has 1 aromatic rings. The Labute approximate surface area is 112 Å². The Morgan fingerprint density at radius 3 is 2.59 bits per heavy atom. The van der Waals surface area contributed by atoms with Gasteiger partial charge in [-0.2, -0.15) is 4.99 Å². The SMILES string of the molecule is Cl.NC(N)=NC(=O)NCc1cc(F)cc(Br)c1. The van der Waals surface area contributed by atoms with Crippen LogP contribution in [0.5, 0.6) is 0 Å². The number of nitrogens with two attached hydrogens (primary N) is 2. The van der Waals surface area contributed by atoms with E-state index in [1.165, 1.54) is 12.1 Å². The summed E-state index contributed by atoms with van der Waals surface area (Å²) < 4.78 is 13.5. The van der Waals surface area contributed by atoms with E-state index < -0.39 is 6.03 Å². The maximum atomic E-state index is 13.0. The van der Waals surface area contributed by atoms with Gasteiger partial charge in [0, 0.05) is 11.0 Å². The molecule has 0 spiro atoms. The Kier molecular flexibility index (Phi) is 6.52. The van der Waals surface area contributed by atoms with E-state index in [0.717, 1.165) is 0 Å². The maximum Gasteiger partial charge on any atom is 0.344 e. The largest absolute Gasteiger partial charge is 0.370 e. The molecule has 0 radical (unpaired) electrons. The molecule has 0 unspecified atom stereocenters. The summed E-state index contributed by atoms with van der Waals surface area (Å²) in [6.45, 7) is 0.145. The van der Waals surface area contributed by atoms with Crippen molar-refractivity contribution in [3.05, 3.63) is 34.1 Å². The number of nitrogens with zero attached hydrogens (tertiary/aromatic N) is 1. The van der Waals surface area contributed by atoms with Crippen LogP contribution >= 0.6 is 28.3 Å². The molecule has 0 aromatic heterocycles. The van der Waals surface area contributed by atoms with Crippen LogP contribution in [-0.4, -0.2) is 12.0 Å². The van der Waals surface area contributed by atoms with E-state index in [1.54, 1.807) is 6.07 Å². The highest BCUT2D eigenvalue weighted by Gasteiger charge is 2.02. The van der Waals surface area contributed by atoms with Gasteiger partial charge < -0.3 is 16.8 Å². The lowest BCUT2D eigenvalue weighted by Gasteiger charge is -2.03. The van der Waals surface area contributed by atoms with Gasteiger partial charge in [-0.1, -0.05) is 15.9 Å². The molecule has 0 bridgehead atoms. The van der Waals surface area contributed by atoms with Gasteiger partial charge in [0.05, 0.1) is 0 Å². The van der Waals surface area contributed by atoms with E-state index in [-0.39, 0.29) is 30.7 Å². The molecule has 0 heterocycles. The minimum Gasteiger partial charge on any atom is -0.370 e. The van der Waals surface area contributed by atoms with Crippen molar-refractivity contribution in [2.45, 2.75) is 6.54 Å². The molecule has 0 fully saturated rings. The summed E-state index contributed by atoms with van der Waals surface area (Å²) in [6.07, 6.45) is 0. The molecule has 94 valence electrons. The Bertz CT molecular complexity index is 417. The summed E-state index contributed by atoms with van der Waals surface area (Å²) >= 11 is 3.14. The maximum absolute atomic E-state index is 13.0. The highest BCUT2D eigenvalue weighted by Crippen LogP contribution is 2.14. The lowest BCUT2D eigenvalue weighted by molar-refractivity contribution is 0.249. The molecule has 5 N–H and O–H groups in total. The van der Waals surface area contributed by atoms with Gasteiger partial charge >= 0.3 is 6.03 Å². The summed E-state index contributed by atoms with van der Waals surface area (Å²) in [5.41, 5.74) is 10.6. The molecule has 0 aliphatic rings. The summed E-state index contributed by atoms with van der Waals surface area (Å²) in [7, 11) is 0. The topological polar surface area (TPSA) is 93.5 Å². The quantitative estimate of drug-likeness (QED) is 0.568. The molecular weight excluding hydrogens is 314 g/mol. The van der Waals surface area contributed by atoms with E-state index >= 15 is 0 Å². The molecule has 0 atom stereocenters. The second-order valence-corrected chi connectivity index (χ2v) is 3.89. The van der Waals surface area contributed by atoms with Crippen LogP contribution in [0.4, 0.5) is 9.18 Å². The van der Waals surface area contributed by atoms with Gasteiger partial charge in [0.2, 0.25) is 0 Å². The molecule has 5 nitrogen and oxygen atoms in total. The second-order valence-electron chi connectivity index (χ2n) is 2.97. The third-order valence-corrected chi connectivity index (χ3v) is 2.05. The predicted molar refractivity (Wildman–Crippen MR) is 69.4 cm³/mol. The van der Waals surface area contributed by atoms with Gasteiger partial charge in [-0.05, 0) is 23.8 Å². The van der Waals surface area contributed by atoms with Crippen LogP contribution in [-0.2, 0) is 6.54 Å². The Hall–Kier alpha value is -1.34. The molecule has 17 heavy (non-hydrogen) atoms. The lowest BCUT2D eigenvalue weighted by atomic mass is 10.2. The van der Waals surface area contributed by atoms with Crippen molar-refractivity contribution >= 4 is 40.3 Å². The molecular formula is C9H11BrClFN4O. The third-order valence-electron chi connectivity index (χ3n) is 1.60. The van der Waals surface area contributed by atoms with Crippen LogP contribution in [0.2, 0.25) is 0 Å². The molecule has 1 aromatic carbocycles. The normalized spacial score (nSPS) is 9.06. The first-order chi connectivity index (χ1) is 7.47. The van der Waals surface area contributed by atoms with Crippen molar-refractivity contribution in [1.82, 2.24) is 5.32 Å². The van der Waals surface area contributed by atoms with Gasteiger partial charge in [0.25, 0.3) is 0 Å². The minimum atomic E-state index is -0.666. The first-order valence-corrected chi connectivity index (χ1v) is 5.09. The van der Waals surface area contributed by atoms with E-state index in [4.69, 9.17) is 11.5 Å². The average Bonchev–Trinajstić information content (AvgIpc) is 2.12. The van der Waals surface area contributed by atoms with Crippen molar-refractivity contribution in [2.75, 3.05) is 0 Å². The van der Waals surface area contributed by atoms with E-state index in [9.17, 15) is 9.18 Å². The summed E-state index contributed by atoms with van der Waals surface area (Å²) in [5, 5.41) is 2.41. The zero-order valence-corrected chi connectivity index (χ0v) is 11.0. The van der Waals surface area contributed by atoms with Crippen LogP contribution < -0.4 is 16.8 Å². The zero-order chi connectivity index (χ0) is 12.1. The Balaban J connectivity index is 0.00000256. The Morgan fingerprint density at radius 2 is 2.06 bits per heavy atom. The molecule has 0 saturated carbocycles. The monoisotopic (exact) mass is 324 g/mol. The Morgan fingerprint density at radius 1 is 1.41 bits per heavy atom. The molecule has 8 heteroatoms. The zero-order valence-electron chi connectivity index (χ0n) is 8.61. The highest BCUT2D eigenvalue weighted by molar-refractivity contribution is 9.10. The highest BCUT2D eigenvalue weighted by atomic mass is 79.9. The number of amides is 2. The van der Waals surface area contributed by atoms with Crippen molar-refractivity contribution in [3.8, 4) is 0 Å². The molecule has 0 aliphatic heterocycles. The minimum absolute atomic E-state index is 0. The summed E-state index contributed by atoms with van der Waals surface area (Å²) in [6, 6.07) is 3.64. The van der Waals surface area contributed by atoms with Gasteiger partial charge in [0.1, 0.15) is 5.82 Å². The fourth-order valence-electron chi connectivity index (χ4n) is 1.05. The van der Waals surface area contributed by atoms with Gasteiger partial charge in [0.15, 0.2) is 5.96 Å². The number of rotatable bonds is 2. The van der Waals surface area contributed by atoms with Gasteiger partial charge in [-0.3, -0.25) is 0 Å². The van der Waals surface area contributed by atoms with Crippen LogP contribution in [0.25, 0.3) is 0 Å². The second kappa shape index (κ2) is 7.08. The van der Waals surface area contributed by atoms with Crippen LogP contribution in [0.3, 0.4) is 0 Å². The average molecular weight is 326 g/mol. The van der Waals surface area contributed by atoms with E-state index in [0.29, 0.717) is 10.0 Å². The van der Waals surface area contributed by atoms with Crippen molar-refractivity contribution in [3.63, 3.8) is 0 Å². The standard InChI is InChI=1S/C9H10BrFN4O.ClH/c10-6-1-5(2-7(11)3-6)4-14-9(16)15-8(12)13;/h1-3H,4H2,(H5,12,13,14,15,16);1H. The number of hydrogen-bond acceptors (Lipinski definition) is 1. The first-order valence-electron chi connectivity index (χ1n) is 4.30. The first kappa shape index (κ1) is 15.7. The van der Waals surface area contributed by atoms with Crippen LogP contribution in [0.15, 0.2) is 27.7 Å². The molecule has 2 amide bonds. The number of guanidine groups is 1. The number of nitrogens with one attached hydrogen (secondary N) is 1. The number of carbonyl (C=O) groups is 1. The number of hydrogen-bond donors (Lipinski definition) is 3. The number of halogens is 3. The number of carbonyl (C=O) groups excluding carboxylic acids is 1. The van der Waals surface area contributed by atoms with Gasteiger partial charge in [-0.15, -0.1) is 12.4 Å². The molecule has 1 rings (SSSR count). The number of aliphatic imine (C=N–C) groups is 1. The molecule has 0 saturated heterocycles. The predicted octanol–water partition coefficient (Wildman–Crippen LogP) is 1.49. The van der Waals surface area contributed by atoms with Crippen LogP contribution in [0, 0.1) is 5.82 Å². The van der Waals surface area contributed by atoms with Crippen molar-refractivity contribution in [1.29, 1.82) is 0 Å². The van der Waals surface area contributed by atoms with Gasteiger partial charge in [-0.25, -0.2) is 9.18 Å². The smallest absolute Gasteiger partial charge is 0.344 e. The van der Waals surface area contributed by atoms with Crippen molar-refractivity contribution in [2.24, 2.45) is 16.5 Å². The summed E-state index contributed by atoms with van der Waals surface area (Å²) in [5.74, 6) is -0.710. The van der Waals surface area contributed by atoms with E-state index in [2.05, 4.69) is 26.2 Å².